The normalized spacial score (nSPS) is 29.6. The summed E-state index contributed by atoms with van der Waals surface area (Å²) in [4.78, 5) is 24.6. The first-order valence-corrected chi connectivity index (χ1v) is 8.46. The van der Waals surface area contributed by atoms with Crippen molar-refractivity contribution in [1.82, 2.24) is 5.32 Å². The zero-order valence-electron chi connectivity index (χ0n) is 11.7. The van der Waals surface area contributed by atoms with Gasteiger partial charge >= 0.3 is 0 Å². The topological polar surface area (TPSA) is 58.2 Å². The van der Waals surface area contributed by atoms with E-state index in [1.165, 1.54) is 11.3 Å². The second-order valence-electron chi connectivity index (χ2n) is 6.29. The molecule has 2 saturated carbocycles. The second-order valence-corrected chi connectivity index (χ2v) is 7.20. The van der Waals surface area contributed by atoms with E-state index in [2.05, 4.69) is 22.8 Å². The lowest BCUT2D eigenvalue weighted by Crippen LogP contribution is -2.28. The fraction of sp³-hybridized carbons (Fsp3) is 0.500. The highest BCUT2D eigenvalue weighted by Crippen LogP contribution is 2.44. The van der Waals surface area contributed by atoms with Crippen LogP contribution in [0.5, 0.6) is 0 Å². The minimum Gasteiger partial charge on any atom is -0.349 e. The van der Waals surface area contributed by atoms with Gasteiger partial charge in [-0.25, -0.2) is 0 Å². The summed E-state index contributed by atoms with van der Waals surface area (Å²) in [6.45, 7) is 0. The van der Waals surface area contributed by atoms with Crippen LogP contribution in [0.3, 0.4) is 0 Å². The zero-order valence-corrected chi connectivity index (χ0v) is 12.5. The Labute approximate surface area is 127 Å². The smallest absolute Gasteiger partial charge is 0.254 e. The highest BCUT2D eigenvalue weighted by molar-refractivity contribution is 7.14. The Morgan fingerprint density at radius 3 is 2.71 bits per heavy atom. The summed E-state index contributed by atoms with van der Waals surface area (Å²) < 4.78 is 0. The standard InChI is InChI=1S/C16H18N2O2S/c19-14(17-11-3-4-11)12-5-6-21-16(12)18-15(20)13-8-9-1-2-10(13)7-9/h1-2,5-6,9-11,13H,3-4,7-8H2,(H,17,19)(H,18,20). The molecule has 0 saturated heterocycles. The molecule has 0 spiro atoms. The van der Waals surface area contributed by atoms with Crippen molar-refractivity contribution in [3.05, 3.63) is 29.2 Å². The van der Waals surface area contributed by atoms with Gasteiger partial charge in [0.25, 0.3) is 5.91 Å². The van der Waals surface area contributed by atoms with Crippen LogP contribution >= 0.6 is 11.3 Å². The Kier molecular flexibility index (Phi) is 3.10. The first-order valence-electron chi connectivity index (χ1n) is 7.58. The van der Waals surface area contributed by atoms with E-state index in [1.807, 2.05) is 5.38 Å². The number of carbonyl (C=O) groups excluding carboxylic acids is 2. The molecule has 3 unspecified atom stereocenters. The maximum atomic E-state index is 12.4. The molecule has 2 fully saturated rings. The van der Waals surface area contributed by atoms with Crippen molar-refractivity contribution in [3.63, 3.8) is 0 Å². The molecule has 1 aromatic heterocycles. The summed E-state index contributed by atoms with van der Waals surface area (Å²) in [7, 11) is 0. The molecule has 3 aliphatic rings. The fourth-order valence-corrected chi connectivity index (χ4v) is 4.15. The van der Waals surface area contributed by atoms with E-state index in [1.54, 1.807) is 6.07 Å². The van der Waals surface area contributed by atoms with E-state index < -0.39 is 0 Å². The molecule has 3 atom stereocenters. The van der Waals surface area contributed by atoms with Crippen LogP contribution in [-0.4, -0.2) is 17.9 Å². The number of amides is 2. The predicted molar refractivity (Wildman–Crippen MR) is 82.3 cm³/mol. The molecule has 0 aliphatic heterocycles. The Balaban J connectivity index is 1.44. The number of rotatable bonds is 4. The lowest BCUT2D eigenvalue weighted by Gasteiger charge is -2.17. The lowest BCUT2D eigenvalue weighted by molar-refractivity contribution is -0.120. The number of nitrogens with one attached hydrogen (secondary N) is 2. The van der Waals surface area contributed by atoms with Gasteiger partial charge in [-0.3, -0.25) is 9.59 Å². The SMILES string of the molecule is O=C(NC1CC1)c1ccsc1NC(=O)C1CC2C=CC1C2. The molecule has 2 bridgehead atoms. The van der Waals surface area contributed by atoms with Crippen LogP contribution < -0.4 is 10.6 Å². The van der Waals surface area contributed by atoms with Gasteiger partial charge in [0.1, 0.15) is 5.00 Å². The van der Waals surface area contributed by atoms with Gasteiger partial charge in [0.05, 0.1) is 5.56 Å². The number of anilines is 1. The monoisotopic (exact) mass is 302 g/mol. The van der Waals surface area contributed by atoms with Crippen molar-refractivity contribution in [1.29, 1.82) is 0 Å². The summed E-state index contributed by atoms with van der Waals surface area (Å²) >= 11 is 1.42. The van der Waals surface area contributed by atoms with Gasteiger partial charge < -0.3 is 10.6 Å². The van der Waals surface area contributed by atoms with E-state index in [-0.39, 0.29) is 17.7 Å². The summed E-state index contributed by atoms with van der Waals surface area (Å²) in [5.41, 5.74) is 0.596. The molecule has 2 amide bonds. The molecule has 5 heteroatoms. The van der Waals surface area contributed by atoms with Gasteiger partial charge in [-0.2, -0.15) is 0 Å². The van der Waals surface area contributed by atoms with Crippen molar-refractivity contribution >= 4 is 28.2 Å². The Bertz CT molecular complexity index is 618. The maximum Gasteiger partial charge on any atom is 0.254 e. The number of thiophene rings is 1. The summed E-state index contributed by atoms with van der Waals surface area (Å²) in [6, 6.07) is 2.12. The van der Waals surface area contributed by atoms with E-state index in [4.69, 9.17) is 0 Å². The van der Waals surface area contributed by atoms with Crippen LogP contribution in [0.15, 0.2) is 23.6 Å². The summed E-state index contributed by atoms with van der Waals surface area (Å²) in [5, 5.41) is 8.49. The van der Waals surface area contributed by atoms with Gasteiger partial charge in [0.2, 0.25) is 5.91 Å². The van der Waals surface area contributed by atoms with E-state index in [9.17, 15) is 9.59 Å². The third-order valence-corrected chi connectivity index (χ3v) is 5.50. The molecule has 0 radical (unpaired) electrons. The molecule has 3 aliphatic carbocycles. The van der Waals surface area contributed by atoms with Gasteiger partial charge in [-0.1, -0.05) is 12.2 Å². The van der Waals surface area contributed by atoms with Crippen molar-refractivity contribution < 1.29 is 9.59 Å². The van der Waals surface area contributed by atoms with Gasteiger partial charge in [-0.15, -0.1) is 11.3 Å². The van der Waals surface area contributed by atoms with Crippen molar-refractivity contribution in [3.8, 4) is 0 Å². The second kappa shape index (κ2) is 4.98. The highest BCUT2D eigenvalue weighted by Gasteiger charge is 2.40. The first-order chi connectivity index (χ1) is 10.2. The van der Waals surface area contributed by atoms with Crippen LogP contribution in [0.1, 0.15) is 36.0 Å². The first kappa shape index (κ1) is 13.1. The van der Waals surface area contributed by atoms with E-state index in [0.29, 0.717) is 28.4 Å². The van der Waals surface area contributed by atoms with Crippen LogP contribution in [0.2, 0.25) is 0 Å². The number of allylic oxidation sites excluding steroid dienone is 2. The summed E-state index contributed by atoms with van der Waals surface area (Å²) in [6.07, 6.45) is 8.59. The van der Waals surface area contributed by atoms with E-state index >= 15 is 0 Å². The molecule has 2 N–H and O–H groups in total. The van der Waals surface area contributed by atoms with Gasteiger partial charge in [0, 0.05) is 12.0 Å². The highest BCUT2D eigenvalue weighted by atomic mass is 32.1. The number of hydrogen-bond donors (Lipinski definition) is 2. The predicted octanol–water partition coefficient (Wildman–Crippen LogP) is 2.79. The quantitative estimate of drug-likeness (QED) is 0.840. The van der Waals surface area contributed by atoms with Crippen LogP contribution in [0.25, 0.3) is 0 Å². The molecular weight excluding hydrogens is 284 g/mol. The minimum atomic E-state index is -0.0677. The Morgan fingerprint density at radius 1 is 1.19 bits per heavy atom. The molecule has 0 aromatic carbocycles. The zero-order chi connectivity index (χ0) is 14.4. The van der Waals surface area contributed by atoms with Crippen LogP contribution in [-0.2, 0) is 4.79 Å². The Morgan fingerprint density at radius 2 is 2.05 bits per heavy atom. The van der Waals surface area contributed by atoms with Gasteiger partial charge in [0.15, 0.2) is 0 Å². The molecular formula is C16H18N2O2S. The third-order valence-electron chi connectivity index (χ3n) is 4.67. The fourth-order valence-electron chi connectivity index (χ4n) is 3.36. The summed E-state index contributed by atoms with van der Waals surface area (Å²) in [5.74, 6) is 1.03. The average Bonchev–Trinajstić information content (AvgIpc) is 2.93. The molecule has 1 aromatic rings. The lowest BCUT2D eigenvalue weighted by atomic mass is 9.93. The van der Waals surface area contributed by atoms with Crippen molar-refractivity contribution in [2.75, 3.05) is 5.32 Å². The molecule has 4 nitrogen and oxygen atoms in total. The molecule has 21 heavy (non-hydrogen) atoms. The van der Waals surface area contributed by atoms with Crippen molar-refractivity contribution in [2.45, 2.75) is 31.7 Å². The maximum absolute atomic E-state index is 12.4. The number of fused-ring (bicyclic) bond motifs is 2. The van der Waals surface area contributed by atoms with Gasteiger partial charge in [-0.05, 0) is 49.0 Å². The average molecular weight is 302 g/mol. The van der Waals surface area contributed by atoms with E-state index in [0.717, 1.165) is 25.7 Å². The minimum absolute atomic E-state index is 0.0646. The van der Waals surface area contributed by atoms with Crippen molar-refractivity contribution in [2.24, 2.45) is 17.8 Å². The molecule has 4 rings (SSSR count). The molecule has 1 heterocycles. The van der Waals surface area contributed by atoms with Crippen LogP contribution in [0, 0.1) is 17.8 Å². The van der Waals surface area contributed by atoms with Crippen LogP contribution in [0.4, 0.5) is 5.00 Å². The third kappa shape index (κ3) is 2.50. The number of carbonyl (C=O) groups is 2. The number of hydrogen-bond acceptors (Lipinski definition) is 3. The molecule has 110 valence electrons. The largest absolute Gasteiger partial charge is 0.349 e. The Hall–Kier alpha value is -1.62.